The Morgan fingerprint density at radius 3 is 2.30 bits per heavy atom. The number of halogens is 2. The highest BCUT2D eigenvalue weighted by atomic mass is 35.5. The third-order valence-electron chi connectivity index (χ3n) is 6.45. The van der Waals surface area contributed by atoms with E-state index in [1.165, 1.54) is 0 Å². The molecule has 0 aliphatic heterocycles. The Kier molecular flexibility index (Phi) is 10.4. The number of carbonyl (C=O) groups excluding carboxylic acids is 2. The molecule has 0 spiro atoms. The van der Waals surface area contributed by atoms with Gasteiger partial charge < -0.3 is 15.0 Å². The van der Waals surface area contributed by atoms with Crippen LogP contribution in [0, 0.1) is 13.8 Å². The number of aryl methyl sites for hydroxylation is 2. The van der Waals surface area contributed by atoms with E-state index in [-0.39, 0.29) is 31.0 Å². The predicted octanol–water partition coefficient (Wildman–Crippen LogP) is 6.54. The Bertz CT molecular complexity index is 1220. The van der Waals surface area contributed by atoms with Gasteiger partial charge in [-0.3, -0.25) is 9.59 Å². The molecule has 5 nitrogen and oxygen atoms in total. The lowest BCUT2D eigenvalue weighted by molar-refractivity contribution is -0.143. The summed E-state index contributed by atoms with van der Waals surface area (Å²) in [4.78, 5) is 28.8. The van der Waals surface area contributed by atoms with Crippen LogP contribution in [-0.4, -0.2) is 35.4 Å². The Morgan fingerprint density at radius 2 is 1.65 bits per heavy atom. The highest BCUT2D eigenvalue weighted by Gasteiger charge is 2.31. The Hall–Kier alpha value is -3.02. The van der Waals surface area contributed by atoms with Crippen molar-refractivity contribution < 1.29 is 14.3 Å². The second-order valence-electron chi connectivity index (χ2n) is 9.33. The lowest BCUT2D eigenvalue weighted by atomic mass is 10.0. The first kappa shape index (κ1) is 28.5. The van der Waals surface area contributed by atoms with Gasteiger partial charge in [-0.2, -0.15) is 0 Å². The molecule has 3 rings (SSSR count). The number of benzene rings is 3. The molecule has 37 heavy (non-hydrogen) atoms. The van der Waals surface area contributed by atoms with E-state index in [2.05, 4.69) is 5.32 Å². The van der Waals surface area contributed by atoms with Crippen molar-refractivity contribution in [3.05, 3.63) is 99.0 Å². The van der Waals surface area contributed by atoms with Crippen LogP contribution < -0.4 is 10.1 Å². The Labute approximate surface area is 229 Å². The monoisotopic (exact) mass is 540 g/mol. The molecule has 1 N–H and O–H groups in total. The molecule has 0 heterocycles. The van der Waals surface area contributed by atoms with Gasteiger partial charge in [0.15, 0.2) is 6.61 Å². The van der Waals surface area contributed by atoms with Crippen LogP contribution in [0.4, 0.5) is 0 Å². The first-order valence-corrected chi connectivity index (χ1v) is 13.2. The highest BCUT2D eigenvalue weighted by molar-refractivity contribution is 6.42. The van der Waals surface area contributed by atoms with Crippen molar-refractivity contribution >= 4 is 35.0 Å². The molecule has 0 radical (unpaired) electrons. The summed E-state index contributed by atoms with van der Waals surface area (Å²) in [6.07, 6.45) is 1.14. The molecule has 0 fully saturated rings. The van der Waals surface area contributed by atoms with Gasteiger partial charge in [-0.1, -0.05) is 72.6 Å². The minimum atomic E-state index is -0.748. The van der Waals surface area contributed by atoms with Crippen LogP contribution >= 0.6 is 23.2 Å². The van der Waals surface area contributed by atoms with Crippen molar-refractivity contribution in [1.82, 2.24) is 10.2 Å². The van der Waals surface area contributed by atoms with Gasteiger partial charge in [0.1, 0.15) is 11.8 Å². The summed E-state index contributed by atoms with van der Waals surface area (Å²) < 4.78 is 5.88. The predicted molar refractivity (Wildman–Crippen MR) is 150 cm³/mol. The van der Waals surface area contributed by atoms with Crippen LogP contribution in [0.2, 0.25) is 10.0 Å². The molecule has 0 saturated heterocycles. The van der Waals surface area contributed by atoms with E-state index in [1.54, 1.807) is 17.0 Å². The van der Waals surface area contributed by atoms with E-state index in [9.17, 15) is 9.59 Å². The molecule has 3 aromatic rings. The fraction of sp³-hybridized carbons (Fsp3) is 0.333. The summed E-state index contributed by atoms with van der Waals surface area (Å²) >= 11 is 12.4. The number of amides is 2. The second-order valence-corrected chi connectivity index (χ2v) is 10.1. The van der Waals surface area contributed by atoms with Crippen LogP contribution in [-0.2, 0) is 22.6 Å². The topological polar surface area (TPSA) is 58.6 Å². The van der Waals surface area contributed by atoms with Crippen molar-refractivity contribution in [3.8, 4) is 5.75 Å². The molecule has 196 valence electrons. The van der Waals surface area contributed by atoms with Crippen LogP contribution in [0.1, 0.15) is 42.5 Å². The summed E-state index contributed by atoms with van der Waals surface area (Å²) in [5, 5.41) is 3.88. The summed E-state index contributed by atoms with van der Waals surface area (Å²) in [5.41, 5.74) is 3.94. The average Bonchev–Trinajstić information content (AvgIpc) is 2.89. The third-order valence-corrected chi connectivity index (χ3v) is 7.19. The number of nitrogens with zero attached hydrogens (tertiary/aromatic N) is 1. The maximum Gasteiger partial charge on any atom is 0.261 e. The molecule has 2 amide bonds. The SMILES string of the molecule is CC[C@@H](C)NC(=O)[C@H](Cc1ccccc1)N(Cc1ccc(Cl)c(Cl)c1)C(=O)COc1ccc(C)c(C)c1. The Balaban J connectivity index is 1.93. The highest BCUT2D eigenvalue weighted by Crippen LogP contribution is 2.25. The lowest BCUT2D eigenvalue weighted by Crippen LogP contribution is -2.53. The molecular weight excluding hydrogens is 507 g/mol. The van der Waals surface area contributed by atoms with E-state index >= 15 is 0 Å². The van der Waals surface area contributed by atoms with E-state index < -0.39 is 6.04 Å². The maximum atomic E-state index is 13.7. The van der Waals surface area contributed by atoms with Crippen molar-refractivity contribution in [2.75, 3.05) is 6.61 Å². The van der Waals surface area contributed by atoms with Gasteiger partial charge in [0.25, 0.3) is 5.91 Å². The quantitative estimate of drug-likeness (QED) is 0.300. The average molecular weight is 542 g/mol. The summed E-state index contributed by atoms with van der Waals surface area (Å²) in [7, 11) is 0. The number of ether oxygens (including phenoxy) is 1. The third kappa shape index (κ3) is 8.24. The number of carbonyl (C=O) groups is 2. The number of nitrogens with one attached hydrogen (secondary N) is 1. The van der Waals surface area contributed by atoms with Gasteiger partial charge in [0, 0.05) is 19.0 Å². The van der Waals surface area contributed by atoms with E-state index in [4.69, 9.17) is 27.9 Å². The van der Waals surface area contributed by atoms with Gasteiger partial charge >= 0.3 is 0 Å². The summed E-state index contributed by atoms with van der Waals surface area (Å²) in [6.45, 7) is 7.95. The zero-order chi connectivity index (χ0) is 26.9. The molecule has 0 aliphatic carbocycles. The smallest absolute Gasteiger partial charge is 0.261 e. The van der Waals surface area contributed by atoms with Crippen LogP contribution in [0.3, 0.4) is 0 Å². The minimum absolute atomic E-state index is 0.0283. The molecule has 0 unspecified atom stereocenters. The van der Waals surface area contributed by atoms with Gasteiger partial charge in [-0.25, -0.2) is 0 Å². The van der Waals surface area contributed by atoms with E-state index in [0.29, 0.717) is 22.2 Å². The van der Waals surface area contributed by atoms with Gasteiger partial charge in [0.05, 0.1) is 10.0 Å². The van der Waals surface area contributed by atoms with Crippen molar-refractivity contribution in [2.45, 2.75) is 59.2 Å². The Morgan fingerprint density at radius 1 is 0.919 bits per heavy atom. The molecule has 7 heteroatoms. The fourth-order valence-electron chi connectivity index (χ4n) is 3.86. The molecular formula is C30H34Cl2N2O3. The van der Waals surface area contributed by atoms with Crippen molar-refractivity contribution in [3.63, 3.8) is 0 Å². The first-order valence-electron chi connectivity index (χ1n) is 12.5. The zero-order valence-electron chi connectivity index (χ0n) is 21.8. The van der Waals surface area contributed by atoms with Gasteiger partial charge in [-0.15, -0.1) is 0 Å². The molecule has 0 aromatic heterocycles. The summed E-state index contributed by atoms with van der Waals surface area (Å²) in [5.74, 6) is 0.0944. The molecule has 0 saturated carbocycles. The first-order chi connectivity index (χ1) is 17.7. The zero-order valence-corrected chi connectivity index (χ0v) is 23.3. The van der Waals surface area contributed by atoms with Crippen molar-refractivity contribution in [2.24, 2.45) is 0 Å². The maximum absolute atomic E-state index is 13.7. The van der Waals surface area contributed by atoms with Crippen LogP contribution in [0.5, 0.6) is 5.75 Å². The van der Waals surface area contributed by atoms with Gasteiger partial charge in [-0.05, 0) is 73.7 Å². The molecule has 3 aromatic carbocycles. The summed E-state index contributed by atoms with van der Waals surface area (Å²) in [6, 6.07) is 19.8. The number of rotatable bonds is 11. The van der Waals surface area contributed by atoms with Crippen molar-refractivity contribution in [1.29, 1.82) is 0 Å². The fourth-order valence-corrected chi connectivity index (χ4v) is 4.18. The van der Waals surface area contributed by atoms with Crippen LogP contribution in [0.25, 0.3) is 0 Å². The number of hydrogen-bond donors (Lipinski definition) is 1. The standard InChI is InChI=1S/C30H34Cl2N2O3/c1-5-22(4)33-30(36)28(17-23-9-7-6-8-10-23)34(18-24-12-14-26(31)27(32)16-24)29(35)19-37-25-13-11-20(2)21(3)15-25/h6-16,22,28H,5,17-19H2,1-4H3,(H,33,36)/t22-,28+/m1/s1. The van der Waals surface area contributed by atoms with E-state index in [0.717, 1.165) is 28.7 Å². The second kappa shape index (κ2) is 13.5. The van der Waals surface area contributed by atoms with Crippen LogP contribution in [0.15, 0.2) is 66.7 Å². The van der Waals surface area contributed by atoms with E-state index in [1.807, 2.05) is 82.3 Å². The molecule has 0 aliphatic rings. The largest absolute Gasteiger partial charge is 0.484 e. The van der Waals surface area contributed by atoms with Gasteiger partial charge in [0.2, 0.25) is 5.91 Å². The lowest BCUT2D eigenvalue weighted by Gasteiger charge is -2.32. The minimum Gasteiger partial charge on any atom is -0.484 e. The molecule has 2 atom stereocenters. The number of hydrogen-bond acceptors (Lipinski definition) is 3. The molecule has 0 bridgehead atoms. The normalized spacial score (nSPS) is 12.5.